The van der Waals surface area contributed by atoms with Crippen LogP contribution >= 0.6 is 0 Å². The van der Waals surface area contributed by atoms with Crippen LogP contribution in [-0.2, 0) is 0 Å². The van der Waals surface area contributed by atoms with Crippen molar-refractivity contribution in [3.63, 3.8) is 0 Å². The molecule has 0 unspecified atom stereocenters. The summed E-state index contributed by atoms with van der Waals surface area (Å²) < 4.78 is 5.84. The fraction of sp³-hybridized carbons (Fsp3) is 0.417. The number of amides is 2. The number of nitrogens with one attached hydrogen (secondary N) is 2. The Hall–Kier alpha value is -2.82. The first-order valence-corrected chi connectivity index (χ1v) is 10.6. The average Bonchev–Trinajstić information content (AvgIpc) is 2.67. The van der Waals surface area contributed by atoms with Crippen molar-refractivity contribution in [2.45, 2.75) is 44.1 Å². The van der Waals surface area contributed by atoms with Crippen LogP contribution in [0.5, 0.6) is 11.5 Å². The zero-order valence-corrected chi connectivity index (χ0v) is 16.5. The third kappa shape index (κ3) is 4.14. The van der Waals surface area contributed by atoms with Gasteiger partial charge in [0.05, 0.1) is 6.21 Å². The van der Waals surface area contributed by atoms with Crippen LogP contribution in [0, 0.1) is 17.8 Å². The largest absolute Gasteiger partial charge is 0.457 e. The number of ether oxygens (including phenoxy) is 1. The first-order chi connectivity index (χ1) is 14.2. The fourth-order valence-corrected chi connectivity index (χ4v) is 5.98. The van der Waals surface area contributed by atoms with Crippen LogP contribution in [0.4, 0.5) is 4.79 Å². The van der Waals surface area contributed by atoms with E-state index in [0.717, 1.165) is 54.1 Å². The smallest absolute Gasteiger partial charge is 0.335 e. The highest BCUT2D eigenvalue weighted by Gasteiger charge is 2.51. The molecule has 2 aromatic rings. The molecule has 0 spiro atoms. The summed E-state index contributed by atoms with van der Waals surface area (Å²) in [7, 11) is 0. The van der Waals surface area contributed by atoms with Crippen LogP contribution in [0.15, 0.2) is 59.7 Å². The molecule has 29 heavy (non-hydrogen) atoms. The first-order valence-electron chi connectivity index (χ1n) is 10.6. The van der Waals surface area contributed by atoms with Gasteiger partial charge in [-0.1, -0.05) is 30.3 Å². The van der Waals surface area contributed by atoms with Crippen molar-refractivity contribution in [3.05, 3.63) is 60.2 Å². The normalized spacial score (nSPS) is 29.7. The van der Waals surface area contributed by atoms with E-state index in [1.165, 1.54) is 19.3 Å². The van der Waals surface area contributed by atoms with Crippen molar-refractivity contribution < 1.29 is 9.53 Å². The van der Waals surface area contributed by atoms with E-state index in [1.807, 2.05) is 54.6 Å². The Morgan fingerprint density at radius 3 is 2.28 bits per heavy atom. The van der Waals surface area contributed by atoms with Crippen molar-refractivity contribution >= 4 is 12.2 Å². The number of carbonyl (C=O) groups is 1. The summed E-state index contributed by atoms with van der Waals surface area (Å²) >= 11 is 0. The Morgan fingerprint density at radius 1 is 0.931 bits per heavy atom. The van der Waals surface area contributed by atoms with Gasteiger partial charge in [-0.15, -0.1) is 0 Å². The molecule has 6 rings (SSSR count). The highest BCUT2D eigenvalue weighted by Crippen LogP contribution is 2.55. The SMILES string of the molecule is O=C(N/N=C\c1cccc(Oc2ccccc2)c1)NC12CC3CC(CC(C3)C1)C2. The molecule has 0 aliphatic heterocycles. The molecule has 5 nitrogen and oxygen atoms in total. The van der Waals surface area contributed by atoms with E-state index >= 15 is 0 Å². The van der Waals surface area contributed by atoms with E-state index in [4.69, 9.17) is 4.74 Å². The molecule has 5 heteroatoms. The van der Waals surface area contributed by atoms with Gasteiger partial charge in [0, 0.05) is 5.54 Å². The summed E-state index contributed by atoms with van der Waals surface area (Å²) in [5, 5.41) is 7.41. The predicted molar refractivity (Wildman–Crippen MR) is 113 cm³/mol. The number of rotatable bonds is 5. The zero-order chi connectivity index (χ0) is 19.7. The van der Waals surface area contributed by atoms with Crippen molar-refractivity contribution in [1.82, 2.24) is 10.7 Å². The topological polar surface area (TPSA) is 62.7 Å². The molecule has 4 fully saturated rings. The molecule has 4 aliphatic carbocycles. The van der Waals surface area contributed by atoms with E-state index in [1.54, 1.807) is 6.21 Å². The third-order valence-electron chi connectivity index (χ3n) is 6.63. The minimum absolute atomic E-state index is 0.00219. The van der Waals surface area contributed by atoms with Gasteiger partial charge in [0.2, 0.25) is 0 Å². The number of hydrogen-bond donors (Lipinski definition) is 2. The van der Waals surface area contributed by atoms with E-state index < -0.39 is 0 Å². The molecule has 150 valence electrons. The molecule has 0 saturated heterocycles. The lowest BCUT2D eigenvalue weighted by molar-refractivity contribution is -0.0135. The van der Waals surface area contributed by atoms with Crippen molar-refractivity contribution in [2.24, 2.45) is 22.9 Å². The number of benzene rings is 2. The van der Waals surface area contributed by atoms with E-state index in [2.05, 4.69) is 15.8 Å². The molecule has 4 saturated carbocycles. The van der Waals surface area contributed by atoms with Crippen LogP contribution in [0.1, 0.15) is 44.1 Å². The Kier molecular flexibility index (Phi) is 4.74. The molecule has 2 N–H and O–H groups in total. The highest BCUT2D eigenvalue weighted by molar-refractivity contribution is 5.82. The monoisotopic (exact) mass is 389 g/mol. The number of hydrogen-bond acceptors (Lipinski definition) is 3. The Balaban J connectivity index is 1.17. The van der Waals surface area contributed by atoms with Crippen LogP contribution in [-0.4, -0.2) is 17.8 Å². The van der Waals surface area contributed by atoms with Gasteiger partial charge in [-0.2, -0.15) is 5.10 Å². The van der Waals surface area contributed by atoms with Gasteiger partial charge in [0.15, 0.2) is 0 Å². The number of carbonyl (C=O) groups excluding carboxylic acids is 1. The standard InChI is InChI=1S/C24H27N3O2/c28-23(26-24-13-18-9-19(14-24)11-20(10-18)15-24)27-25-16-17-5-4-8-22(12-17)29-21-6-2-1-3-7-21/h1-8,12,16,18-20H,9-11,13-15H2,(H2,26,27,28)/b25-16-. The van der Waals surface area contributed by atoms with E-state index in [0.29, 0.717) is 0 Å². The Morgan fingerprint density at radius 2 is 1.59 bits per heavy atom. The average molecular weight is 389 g/mol. The second-order valence-corrected chi connectivity index (χ2v) is 9.01. The molecule has 2 aromatic carbocycles. The van der Waals surface area contributed by atoms with Crippen LogP contribution in [0.2, 0.25) is 0 Å². The maximum absolute atomic E-state index is 12.5. The Labute approximate surface area is 171 Å². The number of hydrazone groups is 1. The van der Waals surface area contributed by atoms with E-state index in [9.17, 15) is 4.79 Å². The van der Waals surface area contributed by atoms with Crippen molar-refractivity contribution in [1.29, 1.82) is 0 Å². The third-order valence-corrected chi connectivity index (χ3v) is 6.63. The second-order valence-electron chi connectivity index (χ2n) is 9.01. The number of nitrogens with zero attached hydrogens (tertiary/aromatic N) is 1. The van der Waals surface area contributed by atoms with Crippen molar-refractivity contribution in [2.75, 3.05) is 0 Å². The first kappa shape index (κ1) is 18.2. The lowest BCUT2D eigenvalue weighted by atomic mass is 9.53. The lowest BCUT2D eigenvalue weighted by Crippen LogP contribution is -2.61. The predicted octanol–water partition coefficient (Wildman–Crippen LogP) is 5.08. The number of para-hydroxylation sites is 1. The summed E-state index contributed by atoms with van der Waals surface area (Å²) in [5.41, 5.74) is 3.52. The molecule has 0 heterocycles. The van der Waals surface area contributed by atoms with Gasteiger partial charge >= 0.3 is 6.03 Å². The van der Waals surface area contributed by atoms with Crippen LogP contribution in [0.3, 0.4) is 0 Å². The van der Waals surface area contributed by atoms with Crippen LogP contribution in [0.25, 0.3) is 0 Å². The summed E-state index contributed by atoms with van der Waals surface area (Å²) in [6.45, 7) is 0. The van der Waals surface area contributed by atoms with Gasteiger partial charge in [-0.25, -0.2) is 10.2 Å². The van der Waals surface area contributed by atoms with E-state index in [-0.39, 0.29) is 11.6 Å². The number of urea groups is 1. The van der Waals surface area contributed by atoms with Crippen molar-refractivity contribution in [3.8, 4) is 11.5 Å². The molecule has 2 amide bonds. The zero-order valence-electron chi connectivity index (χ0n) is 16.5. The quantitative estimate of drug-likeness (QED) is 0.553. The lowest BCUT2D eigenvalue weighted by Gasteiger charge is -2.56. The van der Waals surface area contributed by atoms with Crippen LogP contribution < -0.4 is 15.5 Å². The highest BCUT2D eigenvalue weighted by atomic mass is 16.5. The summed E-state index contributed by atoms with van der Waals surface area (Å²) in [6.07, 6.45) is 9.14. The molecule has 4 aliphatic rings. The summed E-state index contributed by atoms with van der Waals surface area (Å²) in [5.74, 6) is 3.93. The molecular formula is C24H27N3O2. The minimum Gasteiger partial charge on any atom is -0.457 e. The Bertz CT molecular complexity index is 874. The fourth-order valence-electron chi connectivity index (χ4n) is 5.98. The van der Waals surface area contributed by atoms with Gasteiger partial charge in [0.25, 0.3) is 0 Å². The second kappa shape index (κ2) is 7.54. The molecule has 0 aromatic heterocycles. The van der Waals surface area contributed by atoms with Gasteiger partial charge in [-0.05, 0) is 86.1 Å². The maximum Gasteiger partial charge on any atom is 0.335 e. The maximum atomic E-state index is 12.5. The molecule has 0 atom stereocenters. The molecule has 0 radical (unpaired) electrons. The van der Waals surface area contributed by atoms with Gasteiger partial charge in [0.1, 0.15) is 11.5 Å². The van der Waals surface area contributed by atoms with Gasteiger partial charge < -0.3 is 10.1 Å². The summed E-state index contributed by atoms with van der Waals surface area (Å²) in [6, 6.07) is 17.1. The summed E-state index contributed by atoms with van der Waals surface area (Å²) in [4.78, 5) is 12.5. The minimum atomic E-state index is -0.195. The molecular weight excluding hydrogens is 362 g/mol. The molecule has 4 bridgehead atoms. The van der Waals surface area contributed by atoms with Gasteiger partial charge in [-0.3, -0.25) is 0 Å².